The van der Waals surface area contributed by atoms with E-state index in [9.17, 15) is 0 Å². The Balaban J connectivity index is 1.93. The molecule has 0 saturated carbocycles. The van der Waals surface area contributed by atoms with Crippen LogP contribution in [-0.2, 0) is 12.8 Å². The number of benzene rings is 2. The van der Waals surface area contributed by atoms with Gasteiger partial charge < -0.3 is 5.32 Å². The summed E-state index contributed by atoms with van der Waals surface area (Å²) in [6.07, 6.45) is 1.92. The molecular weight excluding hydrogens is 277 g/mol. The van der Waals surface area contributed by atoms with Gasteiger partial charge in [-0.2, -0.15) is 0 Å². The summed E-state index contributed by atoms with van der Waals surface area (Å²) >= 11 is 12.5. The summed E-state index contributed by atoms with van der Waals surface area (Å²) < 4.78 is 0. The Kier molecular flexibility index (Phi) is 3.79. The Hall–Kier alpha value is -1.02. The first kappa shape index (κ1) is 13.0. The molecule has 1 N–H and O–H groups in total. The van der Waals surface area contributed by atoms with E-state index in [0.29, 0.717) is 6.04 Å². The molecule has 0 aliphatic carbocycles. The van der Waals surface area contributed by atoms with Crippen LogP contribution in [0.3, 0.4) is 0 Å². The monoisotopic (exact) mass is 291 g/mol. The highest BCUT2D eigenvalue weighted by atomic mass is 35.5. The number of hydrogen-bond donors (Lipinski definition) is 1. The smallest absolute Gasteiger partial charge is 0.0453 e. The van der Waals surface area contributed by atoms with E-state index in [1.54, 1.807) is 0 Å². The minimum Gasteiger partial charge on any atom is -0.309 e. The lowest BCUT2D eigenvalue weighted by Crippen LogP contribution is -2.31. The zero-order valence-electron chi connectivity index (χ0n) is 10.5. The van der Waals surface area contributed by atoms with Crippen molar-refractivity contribution in [2.45, 2.75) is 18.9 Å². The minimum absolute atomic E-state index is 0.294. The van der Waals surface area contributed by atoms with Gasteiger partial charge >= 0.3 is 0 Å². The highest BCUT2D eigenvalue weighted by Crippen LogP contribution is 2.31. The van der Waals surface area contributed by atoms with Gasteiger partial charge in [0.05, 0.1) is 0 Å². The summed E-state index contributed by atoms with van der Waals surface area (Å²) in [4.78, 5) is 0. The topological polar surface area (TPSA) is 12.0 Å². The molecule has 0 bridgehead atoms. The Morgan fingerprint density at radius 2 is 1.74 bits per heavy atom. The molecule has 1 atom stereocenters. The number of fused-ring (bicyclic) bond motifs is 1. The number of halogens is 2. The van der Waals surface area contributed by atoms with Crippen molar-refractivity contribution in [3.63, 3.8) is 0 Å². The standard InChI is InChI=1S/C16H15Cl2N/c17-14-6-3-7-15(18)13(14)10-16-12-5-2-1-4-11(12)8-9-19-16/h1-7,16,19H,8-10H2. The van der Waals surface area contributed by atoms with Crippen molar-refractivity contribution >= 4 is 23.2 Å². The average Bonchev–Trinajstić information content (AvgIpc) is 2.43. The molecule has 2 aromatic carbocycles. The third kappa shape index (κ3) is 2.64. The molecule has 0 aromatic heterocycles. The average molecular weight is 292 g/mol. The van der Waals surface area contributed by atoms with Gasteiger partial charge in [-0.3, -0.25) is 0 Å². The lowest BCUT2D eigenvalue weighted by molar-refractivity contribution is 0.503. The fourth-order valence-corrected chi connectivity index (χ4v) is 3.26. The summed E-state index contributed by atoms with van der Waals surface area (Å²) in [6, 6.07) is 14.6. The van der Waals surface area contributed by atoms with Crippen molar-refractivity contribution in [3.05, 3.63) is 69.2 Å². The van der Waals surface area contributed by atoms with Crippen molar-refractivity contribution < 1.29 is 0 Å². The van der Waals surface area contributed by atoms with Crippen LogP contribution >= 0.6 is 23.2 Å². The highest BCUT2D eigenvalue weighted by Gasteiger charge is 2.21. The molecule has 1 nitrogen and oxygen atoms in total. The lowest BCUT2D eigenvalue weighted by atomic mass is 9.90. The third-order valence-electron chi connectivity index (χ3n) is 3.69. The summed E-state index contributed by atoms with van der Waals surface area (Å²) in [5.41, 5.74) is 3.82. The second-order valence-corrected chi connectivity index (χ2v) is 5.67. The second-order valence-electron chi connectivity index (χ2n) is 4.86. The Labute approximate surface area is 123 Å². The van der Waals surface area contributed by atoms with Crippen LogP contribution in [0.5, 0.6) is 0 Å². The fourth-order valence-electron chi connectivity index (χ4n) is 2.71. The summed E-state index contributed by atoms with van der Waals surface area (Å²) in [7, 11) is 0. The molecule has 98 valence electrons. The predicted molar refractivity (Wildman–Crippen MR) is 81.1 cm³/mol. The van der Waals surface area contributed by atoms with Crippen LogP contribution in [0.4, 0.5) is 0 Å². The fraction of sp³-hybridized carbons (Fsp3) is 0.250. The summed E-state index contributed by atoms with van der Waals surface area (Å²) in [5, 5.41) is 5.06. The zero-order valence-corrected chi connectivity index (χ0v) is 12.0. The van der Waals surface area contributed by atoms with Crippen LogP contribution in [-0.4, -0.2) is 6.54 Å². The molecule has 0 amide bonds. The molecule has 1 unspecified atom stereocenters. The molecule has 1 aliphatic heterocycles. The maximum absolute atomic E-state index is 6.26. The molecule has 0 fully saturated rings. The van der Waals surface area contributed by atoms with E-state index >= 15 is 0 Å². The number of rotatable bonds is 2. The maximum atomic E-state index is 6.26. The van der Waals surface area contributed by atoms with E-state index in [4.69, 9.17) is 23.2 Å². The molecule has 2 aromatic rings. The molecule has 0 spiro atoms. The van der Waals surface area contributed by atoms with Gasteiger partial charge in [0.2, 0.25) is 0 Å². The predicted octanol–water partition coefficient (Wildman–Crippen LogP) is 4.42. The van der Waals surface area contributed by atoms with Gasteiger partial charge in [0, 0.05) is 16.1 Å². The van der Waals surface area contributed by atoms with Gasteiger partial charge in [-0.1, -0.05) is 53.5 Å². The second kappa shape index (κ2) is 5.54. The first-order valence-corrected chi connectivity index (χ1v) is 7.25. The lowest BCUT2D eigenvalue weighted by Gasteiger charge is -2.27. The largest absolute Gasteiger partial charge is 0.309 e. The SMILES string of the molecule is Clc1cccc(Cl)c1CC1NCCc2ccccc21. The van der Waals surface area contributed by atoms with Gasteiger partial charge in [-0.15, -0.1) is 0 Å². The molecular formula is C16H15Cl2N. The van der Waals surface area contributed by atoms with E-state index in [2.05, 4.69) is 29.6 Å². The first-order valence-electron chi connectivity index (χ1n) is 6.50. The van der Waals surface area contributed by atoms with E-state index in [-0.39, 0.29) is 0 Å². The van der Waals surface area contributed by atoms with Crippen LogP contribution in [0.1, 0.15) is 22.7 Å². The van der Waals surface area contributed by atoms with Crippen LogP contribution in [0.2, 0.25) is 10.0 Å². The number of nitrogens with one attached hydrogen (secondary N) is 1. The summed E-state index contributed by atoms with van der Waals surface area (Å²) in [6.45, 7) is 1.00. The Morgan fingerprint density at radius 1 is 1.00 bits per heavy atom. The third-order valence-corrected chi connectivity index (χ3v) is 4.39. The highest BCUT2D eigenvalue weighted by molar-refractivity contribution is 6.36. The van der Waals surface area contributed by atoms with Crippen molar-refractivity contribution in [3.8, 4) is 0 Å². The van der Waals surface area contributed by atoms with Gasteiger partial charge in [0.15, 0.2) is 0 Å². The van der Waals surface area contributed by atoms with Crippen molar-refractivity contribution in [1.29, 1.82) is 0 Å². The van der Waals surface area contributed by atoms with Gasteiger partial charge in [0.25, 0.3) is 0 Å². The molecule has 1 aliphatic rings. The maximum Gasteiger partial charge on any atom is 0.0453 e. The van der Waals surface area contributed by atoms with E-state index < -0.39 is 0 Å². The molecule has 1 heterocycles. The number of hydrogen-bond acceptors (Lipinski definition) is 1. The van der Waals surface area contributed by atoms with Crippen molar-refractivity contribution in [2.24, 2.45) is 0 Å². The van der Waals surface area contributed by atoms with E-state index in [0.717, 1.165) is 35.0 Å². The van der Waals surface area contributed by atoms with Crippen LogP contribution in [0.15, 0.2) is 42.5 Å². The molecule has 3 rings (SSSR count). The minimum atomic E-state index is 0.294. The molecule has 0 radical (unpaired) electrons. The normalized spacial score (nSPS) is 18.1. The molecule has 19 heavy (non-hydrogen) atoms. The molecule has 3 heteroatoms. The summed E-state index contributed by atoms with van der Waals surface area (Å²) in [5.74, 6) is 0. The van der Waals surface area contributed by atoms with Crippen LogP contribution in [0.25, 0.3) is 0 Å². The molecule has 0 saturated heterocycles. The van der Waals surface area contributed by atoms with Gasteiger partial charge in [0.1, 0.15) is 0 Å². The quantitative estimate of drug-likeness (QED) is 0.863. The van der Waals surface area contributed by atoms with Crippen LogP contribution < -0.4 is 5.32 Å². The Morgan fingerprint density at radius 3 is 2.53 bits per heavy atom. The van der Waals surface area contributed by atoms with E-state index in [1.165, 1.54) is 11.1 Å². The van der Waals surface area contributed by atoms with Crippen LogP contribution in [0, 0.1) is 0 Å². The van der Waals surface area contributed by atoms with Gasteiger partial charge in [-0.05, 0) is 48.2 Å². The van der Waals surface area contributed by atoms with Gasteiger partial charge in [-0.25, -0.2) is 0 Å². The van der Waals surface area contributed by atoms with Crippen molar-refractivity contribution in [1.82, 2.24) is 5.32 Å². The zero-order chi connectivity index (χ0) is 13.2. The van der Waals surface area contributed by atoms with E-state index in [1.807, 2.05) is 18.2 Å². The van der Waals surface area contributed by atoms with Crippen molar-refractivity contribution in [2.75, 3.05) is 6.54 Å². The first-order chi connectivity index (χ1) is 9.25. The Bertz CT molecular complexity index is 575.